The Balaban J connectivity index is 2.16. The second-order valence-electron chi connectivity index (χ2n) is 3.54. The molecule has 2 saturated carbocycles. The fraction of sp³-hybridized carbons (Fsp3) is 0.875. The smallest absolute Gasteiger partial charge is 0.133 e. The van der Waals surface area contributed by atoms with Crippen molar-refractivity contribution in [3.05, 3.63) is 0 Å². The highest BCUT2D eigenvalue weighted by atomic mass is 16.3. The average molecular weight is 140 g/mol. The van der Waals surface area contributed by atoms with Gasteiger partial charge in [-0.2, -0.15) is 0 Å². The average Bonchev–Trinajstić information content (AvgIpc) is 2.20. The SMILES string of the molecule is O=C1C[C@H]2CC[C@@H](C1)C2O. The topological polar surface area (TPSA) is 37.3 Å². The molecule has 10 heavy (non-hydrogen) atoms. The molecule has 0 spiro atoms. The minimum absolute atomic E-state index is 0.155. The van der Waals surface area contributed by atoms with E-state index in [1.54, 1.807) is 0 Å². The summed E-state index contributed by atoms with van der Waals surface area (Å²) >= 11 is 0. The van der Waals surface area contributed by atoms with Gasteiger partial charge in [-0.15, -0.1) is 0 Å². The molecule has 2 fully saturated rings. The predicted molar refractivity (Wildman–Crippen MR) is 36.5 cm³/mol. The molecule has 2 heteroatoms. The lowest BCUT2D eigenvalue weighted by Gasteiger charge is -2.23. The molecular weight excluding hydrogens is 128 g/mol. The highest BCUT2D eigenvalue weighted by Crippen LogP contribution is 2.40. The maximum atomic E-state index is 11.0. The van der Waals surface area contributed by atoms with Crippen molar-refractivity contribution in [2.75, 3.05) is 0 Å². The van der Waals surface area contributed by atoms with Crippen LogP contribution in [0.25, 0.3) is 0 Å². The molecule has 2 bridgehead atoms. The lowest BCUT2D eigenvalue weighted by atomic mass is 9.86. The maximum Gasteiger partial charge on any atom is 0.133 e. The van der Waals surface area contributed by atoms with Crippen molar-refractivity contribution in [2.45, 2.75) is 31.8 Å². The number of Topliss-reactive ketones (excluding diaryl/α,β-unsaturated/α-hetero) is 1. The van der Waals surface area contributed by atoms with E-state index in [2.05, 4.69) is 0 Å². The Bertz CT molecular complexity index is 149. The van der Waals surface area contributed by atoms with Gasteiger partial charge < -0.3 is 5.11 Å². The zero-order chi connectivity index (χ0) is 7.14. The molecule has 0 heterocycles. The molecular formula is C8H12O2. The first-order valence-corrected chi connectivity index (χ1v) is 3.97. The lowest BCUT2D eigenvalue weighted by Crippen LogP contribution is -2.30. The summed E-state index contributed by atoms with van der Waals surface area (Å²) in [6, 6.07) is 0. The summed E-state index contributed by atoms with van der Waals surface area (Å²) in [5.74, 6) is 0.982. The zero-order valence-corrected chi connectivity index (χ0v) is 5.92. The van der Waals surface area contributed by atoms with E-state index in [4.69, 9.17) is 0 Å². The second-order valence-corrected chi connectivity index (χ2v) is 3.54. The Morgan fingerprint density at radius 3 is 2.20 bits per heavy atom. The summed E-state index contributed by atoms with van der Waals surface area (Å²) in [6.07, 6.45) is 3.25. The molecule has 0 aromatic heterocycles. The molecule has 0 aromatic rings. The van der Waals surface area contributed by atoms with Gasteiger partial charge in [-0.1, -0.05) is 0 Å². The summed E-state index contributed by atoms with van der Waals surface area (Å²) in [5, 5.41) is 9.47. The summed E-state index contributed by atoms with van der Waals surface area (Å²) in [6.45, 7) is 0. The van der Waals surface area contributed by atoms with E-state index in [1.165, 1.54) is 0 Å². The van der Waals surface area contributed by atoms with E-state index in [0.29, 0.717) is 30.5 Å². The Morgan fingerprint density at radius 2 is 1.70 bits per heavy atom. The maximum absolute atomic E-state index is 11.0. The molecule has 0 saturated heterocycles. The van der Waals surface area contributed by atoms with Crippen molar-refractivity contribution in [1.29, 1.82) is 0 Å². The van der Waals surface area contributed by atoms with Gasteiger partial charge in [-0.05, 0) is 24.7 Å². The number of carbonyl (C=O) groups excluding carboxylic acids is 1. The van der Waals surface area contributed by atoms with Gasteiger partial charge in [-0.3, -0.25) is 4.79 Å². The molecule has 3 atom stereocenters. The van der Waals surface area contributed by atoms with Crippen molar-refractivity contribution in [3.63, 3.8) is 0 Å². The van der Waals surface area contributed by atoms with Gasteiger partial charge in [0.15, 0.2) is 0 Å². The van der Waals surface area contributed by atoms with E-state index in [1.807, 2.05) is 0 Å². The number of ketones is 1. The van der Waals surface area contributed by atoms with Crippen LogP contribution in [-0.2, 0) is 4.79 Å². The highest BCUT2D eigenvalue weighted by molar-refractivity contribution is 5.80. The van der Waals surface area contributed by atoms with Gasteiger partial charge >= 0.3 is 0 Å². The fourth-order valence-corrected chi connectivity index (χ4v) is 2.27. The first-order valence-electron chi connectivity index (χ1n) is 3.97. The number of hydrogen-bond acceptors (Lipinski definition) is 2. The van der Waals surface area contributed by atoms with E-state index >= 15 is 0 Å². The molecule has 1 unspecified atom stereocenters. The van der Waals surface area contributed by atoms with Crippen LogP contribution in [-0.4, -0.2) is 17.0 Å². The van der Waals surface area contributed by atoms with Gasteiger partial charge in [0.05, 0.1) is 6.10 Å². The van der Waals surface area contributed by atoms with Crippen molar-refractivity contribution in [1.82, 2.24) is 0 Å². The summed E-state index contributed by atoms with van der Waals surface area (Å²) in [5.41, 5.74) is 0. The summed E-state index contributed by atoms with van der Waals surface area (Å²) < 4.78 is 0. The van der Waals surface area contributed by atoms with Gasteiger partial charge in [-0.25, -0.2) is 0 Å². The number of fused-ring (bicyclic) bond motifs is 2. The third-order valence-electron chi connectivity index (χ3n) is 2.85. The Hall–Kier alpha value is -0.370. The molecule has 2 aliphatic rings. The molecule has 2 rings (SSSR count). The summed E-state index contributed by atoms with van der Waals surface area (Å²) in [7, 11) is 0. The van der Waals surface area contributed by atoms with E-state index in [0.717, 1.165) is 12.8 Å². The van der Waals surface area contributed by atoms with Crippen molar-refractivity contribution < 1.29 is 9.90 Å². The molecule has 1 N–H and O–H groups in total. The van der Waals surface area contributed by atoms with Gasteiger partial charge in [0.1, 0.15) is 5.78 Å². The van der Waals surface area contributed by atoms with Crippen LogP contribution in [0, 0.1) is 11.8 Å². The largest absolute Gasteiger partial charge is 0.393 e. The minimum atomic E-state index is -0.155. The van der Waals surface area contributed by atoms with Crippen molar-refractivity contribution in [2.24, 2.45) is 11.8 Å². The van der Waals surface area contributed by atoms with Crippen LogP contribution in [0.15, 0.2) is 0 Å². The normalized spacial score (nSPS) is 46.1. The Kier molecular flexibility index (Phi) is 1.31. The molecule has 2 nitrogen and oxygen atoms in total. The number of rotatable bonds is 0. The van der Waals surface area contributed by atoms with Crippen molar-refractivity contribution >= 4 is 5.78 Å². The van der Waals surface area contributed by atoms with Crippen LogP contribution in [0.1, 0.15) is 25.7 Å². The number of hydrogen-bond donors (Lipinski definition) is 1. The highest BCUT2D eigenvalue weighted by Gasteiger charge is 2.40. The number of aliphatic hydroxyl groups is 1. The van der Waals surface area contributed by atoms with Crippen LogP contribution in [0.5, 0.6) is 0 Å². The second kappa shape index (κ2) is 2.06. The van der Waals surface area contributed by atoms with Crippen LogP contribution in [0.2, 0.25) is 0 Å². The van der Waals surface area contributed by atoms with E-state index < -0.39 is 0 Å². The third kappa shape index (κ3) is 0.788. The Morgan fingerprint density at radius 1 is 1.20 bits per heavy atom. The summed E-state index contributed by atoms with van der Waals surface area (Å²) in [4.78, 5) is 11.0. The number of aliphatic hydroxyl groups excluding tert-OH is 1. The Labute approximate surface area is 60.2 Å². The molecule has 0 aliphatic heterocycles. The molecule has 0 aromatic carbocycles. The molecule has 56 valence electrons. The van der Waals surface area contributed by atoms with Crippen LogP contribution >= 0.6 is 0 Å². The fourth-order valence-electron chi connectivity index (χ4n) is 2.27. The van der Waals surface area contributed by atoms with Gasteiger partial charge in [0.2, 0.25) is 0 Å². The number of carbonyl (C=O) groups is 1. The van der Waals surface area contributed by atoms with Crippen LogP contribution in [0.3, 0.4) is 0 Å². The molecule has 0 amide bonds. The molecule has 0 radical (unpaired) electrons. The van der Waals surface area contributed by atoms with Crippen molar-refractivity contribution in [3.8, 4) is 0 Å². The standard InChI is InChI=1S/C8H12O2/c9-7-3-5-1-2-6(4-7)8(5)10/h5-6,8,10H,1-4H2/t5-,6+,8?. The van der Waals surface area contributed by atoms with Gasteiger partial charge in [0.25, 0.3) is 0 Å². The van der Waals surface area contributed by atoms with E-state index in [-0.39, 0.29) is 6.10 Å². The lowest BCUT2D eigenvalue weighted by molar-refractivity contribution is -0.125. The first kappa shape index (κ1) is 6.35. The zero-order valence-electron chi connectivity index (χ0n) is 5.92. The minimum Gasteiger partial charge on any atom is -0.393 e. The third-order valence-corrected chi connectivity index (χ3v) is 2.85. The molecule has 2 aliphatic carbocycles. The van der Waals surface area contributed by atoms with Crippen LogP contribution < -0.4 is 0 Å². The van der Waals surface area contributed by atoms with Gasteiger partial charge in [0, 0.05) is 12.8 Å². The van der Waals surface area contributed by atoms with Crippen LogP contribution in [0.4, 0.5) is 0 Å². The quantitative estimate of drug-likeness (QED) is 0.538. The first-order chi connectivity index (χ1) is 4.77. The predicted octanol–water partition coefficient (Wildman–Crippen LogP) is 0.736. The monoisotopic (exact) mass is 140 g/mol. The van der Waals surface area contributed by atoms with E-state index in [9.17, 15) is 9.90 Å².